The molecular formula is C9H19NO3. The molecule has 0 bridgehead atoms. The second-order valence-corrected chi connectivity index (χ2v) is 3.81. The zero-order valence-electron chi connectivity index (χ0n) is 8.73. The Balaban J connectivity index is 2.63. The van der Waals surface area contributed by atoms with Crippen molar-refractivity contribution < 1.29 is 14.6 Å². The van der Waals surface area contributed by atoms with Crippen LogP contribution in [0.5, 0.6) is 0 Å². The van der Waals surface area contributed by atoms with Crippen LogP contribution >= 0.6 is 0 Å². The molecule has 3 unspecified atom stereocenters. The molecule has 4 heteroatoms. The lowest BCUT2D eigenvalue weighted by molar-refractivity contribution is -0.242. The molecule has 13 heavy (non-hydrogen) atoms. The number of aliphatic hydroxyl groups excluding tert-OH is 1. The van der Waals surface area contributed by atoms with Gasteiger partial charge in [0.25, 0.3) is 0 Å². The van der Waals surface area contributed by atoms with Gasteiger partial charge in [0, 0.05) is 13.2 Å². The molecule has 1 saturated heterocycles. The zero-order chi connectivity index (χ0) is 10.0. The second kappa shape index (κ2) is 4.37. The van der Waals surface area contributed by atoms with Crippen LogP contribution in [0.25, 0.3) is 0 Å². The molecule has 4 atom stereocenters. The van der Waals surface area contributed by atoms with Crippen molar-refractivity contribution in [2.75, 3.05) is 21.2 Å². The molecule has 0 spiro atoms. The van der Waals surface area contributed by atoms with Crippen molar-refractivity contribution in [1.82, 2.24) is 4.90 Å². The Labute approximate surface area is 79.4 Å². The summed E-state index contributed by atoms with van der Waals surface area (Å²) in [5.41, 5.74) is 0. The fourth-order valence-electron chi connectivity index (χ4n) is 1.74. The van der Waals surface area contributed by atoms with Gasteiger partial charge in [-0.15, -0.1) is 0 Å². The van der Waals surface area contributed by atoms with E-state index >= 15 is 0 Å². The summed E-state index contributed by atoms with van der Waals surface area (Å²) in [7, 11) is 5.47. The van der Waals surface area contributed by atoms with Gasteiger partial charge in [0.05, 0.1) is 6.10 Å². The standard InChI is InChI=1S/C9H19NO3/c1-6-5-7(10(2)3)8(11)9(12-4)13-6/h6-9,11H,5H2,1-4H3/t6?,7?,8-,9?/m1/s1. The number of likely N-dealkylation sites (N-methyl/N-ethyl adjacent to an activating group) is 1. The summed E-state index contributed by atoms with van der Waals surface area (Å²) in [6, 6.07) is 0.119. The maximum atomic E-state index is 9.83. The SMILES string of the molecule is COC1OC(C)CC(N(C)C)[C@H]1O. The summed E-state index contributed by atoms with van der Waals surface area (Å²) in [5.74, 6) is 0. The van der Waals surface area contributed by atoms with E-state index in [1.165, 1.54) is 0 Å². The van der Waals surface area contributed by atoms with Crippen molar-refractivity contribution in [1.29, 1.82) is 0 Å². The number of hydrogen-bond donors (Lipinski definition) is 1. The lowest BCUT2D eigenvalue weighted by atomic mass is 9.99. The number of ether oxygens (including phenoxy) is 2. The van der Waals surface area contributed by atoms with Crippen molar-refractivity contribution in [3.05, 3.63) is 0 Å². The van der Waals surface area contributed by atoms with Crippen molar-refractivity contribution >= 4 is 0 Å². The van der Waals surface area contributed by atoms with Crippen LogP contribution in [0.4, 0.5) is 0 Å². The summed E-state index contributed by atoms with van der Waals surface area (Å²) < 4.78 is 10.5. The third kappa shape index (κ3) is 2.40. The van der Waals surface area contributed by atoms with Crippen LogP contribution in [-0.4, -0.2) is 55.8 Å². The maximum absolute atomic E-state index is 9.83. The minimum Gasteiger partial charge on any atom is -0.386 e. The molecule has 1 N–H and O–H groups in total. The fraction of sp³-hybridized carbons (Fsp3) is 1.00. The molecule has 1 fully saturated rings. The van der Waals surface area contributed by atoms with E-state index in [1.54, 1.807) is 7.11 Å². The molecular weight excluding hydrogens is 170 g/mol. The second-order valence-electron chi connectivity index (χ2n) is 3.81. The normalized spacial score (nSPS) is 41.1. The molecule has 1 rings (SSSR count). The molecule has 0 amide bonds. The number of hydrogen-bond acceptors (Lipinski definition) is 4. The first-order chi connectivity index (χ1) is 6.06. The predicted molar refractivity (Wildman–Crippen MR) is 49.4 cm³/mol. The van der Waals surface area contributed by atoms with E-state index in [1.807, 2.05) is 25.9 Å². The Morgan fingerprint density at radius 2 is 2.08 bits per heavy atom. The molecule has 0 aromatic rings. The first-order valence-corrected chi connectivity index (χ1v) is 4.59. The minimum atomic E-state index is -0.559. The molecule has 0 aromatic heterocycles. The van der Waals surface area contributed by atoms with E-state index < -0.39 is 12.4 Å². The Kier molecular flexibility index (Phi) is 3.67. The zero-order valence-corrected chi connectivity index (χ0v) is 8.73. The molecule has 1 aliphatic heterocycles. The van der Waals surface area contributed by atoms with Gasteiger partial charge < -0.3 is 19.5 Å². The Morgan fingerprint density at radius 1 is 1.46 bits per heavy atom. The van der Waals surface area contributed by atoms with Crippen LogP contribution < -0.4 is 0 Å². The van der Waals surface area contributed by atoms with Crippen molar-refractivity contribution in [3.8, 4) is 0 Å². The van der Waals surface area contributed by atoms with Crippen LogP contribution in [0.3, 0.4) is 0 Å². The van der Waals surface area contributed by atoms with Crippen LogP contribution in [0.1, 0.15) is 13.3 Å². The van der Waals surface area contributed by atoms with Gasteiger partial charge in [0.2, 0.25) is 0 Å². The van der Waals surface area contributed by atoms with E-state index in [2.05, 4.69) is 0 Å². The third-order valence-electron chi connectivity index (χ3n) is 2.51. The molecule has 0 aliphatic carbocycles. The Hall–Kier alpha value is -0.160. The van der Waals surface area contributed by atoms with E-state index in [0.29, 0.717) is 0 Å². The van der Waals surface area contributed by atoms with Gasteiger partial charge in [-0.1, -0.05) is 0 Å². The predicted octanol–water partition coefficient (Wildman–Crippen LogP) is 0.0588. The number of rotatable bonds is 2. The van der Waals surface area contributed by atoms with Gasteiger partial charge in [-0.25, -0.2) is 0 Å². The first-order valence-electron chi connectivity index (χ1n) is 4.59. The highest BCUT2D eigenvalue weighted by Gasteiger charge is 2.37. The molecule has 1 heterocycles. The molecule has 1 aliphatic rings. The Morgan fingerprint density at radius 3 is 2.54 bits per heavy atom. The smallest absolute Gasteiger partial charge is 0.184 e. The monoisotopic (exact) mass is 189 g/mol. The quantitative estimate of drug-likeness (QED) is 0.667. The van der Waals surface area contributed by atoms with E-state index in [4.69, 9.17) is 9.47 Å². The lowest BCUT2D eigenvalue weighted by Crippen LogP contribution is -2.53. The maximum Gasteiger partial charge on any atom is 0.184 e. The molecule has 0 saturated carbocycles. The topological polar surface area (TPSA) is 41.9 Å². The summed E-state index contributed by atoms with van der Waals surface area (Å²) in [5, 5.41) is 9.83. The van der Waals surface area contributed by atoms with Gasteiger partial charge >= 0.3 is 0 Å². The van der Waals surface area contributed by atoms with Crippen molar-refractivity contribution in [2.45, 2.75) is 37.9 Å². The number of aliphatic hydroxyl groups is 1. The molecule has 0 radical (unpaired) electrons. The fourth-order valence-corrected chi connectivity index (χ4v) is 1.74. The summed E-state index contributed by atoms with van der Waals surface area (Å²) in [6.07, 6.45) is -0.0679. The lowest BCUT2D eigenvalue weighted by Gasteiger charge is -2.40. The first kappa shape index (κ1) is 10.9. The molecule has 0 aromatic carbocycles. The van der Waals surface area contributed by atoms with Gasteiger partial charge in [0.1, 0.15) is 6.10 Å². The van der Waals surface area contributed by atoms with Crippen LogP contribution in [0.2, 0.25) is 0 Å². The van der Waals surface area contributed by atoms with Crippen LogP contribution in [0, 0.1) is 0 Å². The van der Waals surface area contributed by atoms with Gasteiger partial charge in [-0.05, 0) is 27.4 Å². The van der Waals surface area contributed by atoms with Crippen molar-refractivity contribution in [3.63, 3.8) is 0 Å². The summed E-state index contributed by atoms with van der Waals surface area (Å²) in [6.45, 7) is 1.99. The highest BCUT2D eigenvalue weighted by Crippen LogP contribution is 2.23. The highest BCUT2D eigenvalue weighted by atomic mass is 16.7. The van der Waals surface area contributed by atoms with Crippen LogP contribution in [0.15, 0.2) is 0 Å². The largest absolute Gasteiger partial charge is 0.386 e. The van der Waals surface area contributed by atoms with Crippen LogP contribution in [-0.2, 0) is 9.47 Å². The molecule has 4 nitrogen and oxygen atoms in total. The number of methoxy groups -OCH3 is 1. The average molecular weight is 189 g/mol. The van der Waals surface area contributed by atoms with Crippen molar-refractivity contribution in [2.24, 2.45) is 0 Å². The van der Waals surface area contributed by atoms with E-state index in [9.17, 15) is 5.11 Å². The minimum absolute atomic E-state index is 0.119. The summed E-state index contributed by atoms with van der Waals surface area (Å²) >= 11 is 0. The van der Waals surface area contributed by atoms with E-state index in [0.717, 1.165) is 6.42 Å². The summed E-state index contributed by atoms with van der Waals surface area (Å²) in [4.78, 5) is 2.01. The Bertz CT molecular complexity index is 163. The molecule has 78 valence electrons. The average Bonchev–Trinajstić information content (AvgIpc) is 2.08. The van der Waals surface area contributed by atoms with Gasteiger partial charge in [0.15, 0.2) is 6.29 Å². The van der Waals surface area contributed by atoms with Gasteiger partial charge in [-0.2, -0.15) is 0 Å². The highest BCUT2D eigenvalue weighted by molar-refractivity contribution is 4.84. The van der Waals surface area contributed by atoms with E-state index in [-0.39, 0.29) is 12.1 Å². The third-order valence-corrected chi connectivity index (χ3v) is 2.51. The van der Waals surface area contributed by atoms with Gasteiger partial charge in [-0.3, -0.25) is 0 Å². The number of nitrogens with zero attached hydrogens (tertiary/aromatic N) is 1.